The van der Waals surface area contributed by atoms with Gasteiger partial charge in [-0.3, -0.25) is 4.79 Å². The summed E-state index contributed by atoms with van der Waals surface area (Å²) in [6.45, 7) is 6.59. The molecular weight excluding hydrogens is 210 g/mol. The number of benzene rings is 1. The first-order valence-corrected chi connectivity index (χ1v) is 6.28. The third-order valence-electron chi connectivity index (χ3n) is 3.77. The molecule has 0 bridgehead atoms. The maximum absolute atomic E-state index is 12.0. The van der Waals surface area contributed by atoms with E-state index in [1.54, 1.807) is 0 Å². The van der Waals surface area contributed by atoms with E-state index in [-0.39, 0.29) is 16.9 Å². The number of carbonyl (C=O) groups excluding carboxylic acids is 1. The van der Waals surface area contributed by atoms with Gasteiger partial charge in [0, 0.05) is 5.54 Å². The first kappa shape index (κ1) is 12.2. The summed E-state index contributed by atoms with van der Waals surface area (Å²) in [5, 5.41) is 3.22. The van der Waals surface area contributed by atoms with E-state index in [1.165, 1.54) is 0 Å². The van der Waals surface area contributed by atoms with Crippen LogP contribution < -0.4 is 5.32 Å². The molecular formula is C15H21NO. The Balaban J connectivity index is 1.95. The molecule has 0 radical (unpaired) electrons. The van der Waals surface area contributed by atoms with Crippen LogP contribution >= 0.6 is 0 Å². The minimum atomic E-state index is 0.0405. The topological polar surface area (TPSA) is 29.1 Å². The monoisotopic (exact) mass is 231 g/mol. The summed E-state index contributed by atoms with van der Waals surface area (Å²) in [6, 6.07) is 9.91. The Kier molecular flexibility index (Phi) is 2.98. The molecule has 2 nitrogen and oxygen atoms in total. The number of carbonyl (C=O) groups is 1. The van der Waals surface area contributed by atoms with Crippen LogP contribution in [-0.2, 0) is 11.2 Å². The van der Waals surface area contributed by atoms with Crippen molar-refractivity contribution in [2.75, 3.05) is 0 Å². The molecule has 1 amide bonds. The Morgan fingerprint density at radius 2 is 1.82 bits per heavy atom. The Morgan fingerprint density at radius 1 is 1.24 bits per heavy atom. The lowest BCUT2D eigenvalue weighted by Gasteiger charge is -2.31. The minimum absolute atomic E-state index is 0.0405. The third-order valence-corrected chi connectivity index (χ3v) is 3.77. The number of rotatable bonds is 3. The van der Waals surface area contributed by atoms with Crippen molar-refractivity contribution in [3.63, 3.8) is 0 Å². The Bertz CT molecular complexity index is 399. The first-order valence-electron chi connectivity index (χ1n) is 6.28. The van der Waals surface area contributed by atoms with Crippen molar-refractivity contribution in [3.05, 3.63) is 35.9 Å². The van der Waals surface area contributed by atoms with E-state index in [9.17, 15) is 4.79 Å². The highest BCUT2D eigenvalue weighted by Crippen LogP contribution is 2.49. The standard InChI is InChI=1S/C15H21NO/c1-14(2,3)15(9-10-15)16-13(17)11-12-7-5-4-6-8-12/h4-8H,9-11H2,1-3H3,(H,16,17). The molecule has 0 atom stereocenters. The summed E-state index contributed by atoms with van der Waals surface area (Å²) in [4.78, 5) is 12.0. The molecule has 0 aliphatic heterocycles. The van der Waals surface area contributed by atoms with Crippen molar-refractivity contribution in [2.24, 2.45) is 5.41 Å². The minimum Gasteiger partial charge on any atom is -0.350 e. The predicted octanol–water partition coefficient (Wildman–Crippen LogP) is 2.92. The fraction of sp³-hybridized carbons (Fsp3) is 0.533. The highest BCUT2D eigenvalue weighted by molar-refractivity contribution is 5.79. The molecule has 0 spiro atoms. The summed E-state index contributed by atoms with van der Waals surface area (Å²) < 4.78 is 0. The van der Waals surface area contributed by atoms with E-state index in [4.69, 9.17) is 0 Å². The molecule has 1 aromatic rings. The zero-order valence-electron chi connectivity index (χ0n) is 10.9. The normalized spacial score (nSPS) is 17.6. The number of nitrogens with one attached hydrogen (secondary N) is 1. The third kappa shape index (κ3) is 2.68. The highest BCUT2D eigenvalue weighted by Gasteiger charge is 2.52. The van der Waals surface area contributed by atoms with E-state index in [1.807, 2.05) is 30.3 Å². The largest absolute Gasteiger partial charge is 0.350 e. The first-order chi connectivity index (χ1) is 7.93. The van der Waals surface area contributed by atoms with Crippen LogP contribution in [0.15, 0.2) is 30.3 Å². The van der Waals surface area contributed by atoms with Crippen LogP contribution in [0.2, 0.25) is 0 Å². The summed E-state index contributed by atoms with van der Waals surface area (Å²) in [6.07, 6.45) is 2.70. The maximum atomic E-state index is 12.0. The highest BCUT2D eigenvalue weighted by atomic mass is 16.1. The van der Waals surface area contributed by atoms with Crippen molar-refractivity contribution < 1.29 is 4.79 Å². The Labute approximate surface area is 103 Å². The molecule has 1 N–H and O–H groups in total. The molecule has 1 fully saturated rings. The summed E-state index contributed by atoms with van der Waals surface area (Å²) >= 11 is 0. The van der Waals surface area contributed by atoms with Gasteiger partial charge in [0.2, 0.25) is 5.91 Å². The van der Waals surface area contributed by atoms with Crippen LogP contribution in [-0.4, -0.2) is 11.4 Å². The van der Waals surface area contributed by atoms with Gasteiger partial charge in [-0.05, 0) is 23.8 Å². The molecule has 1 aliphatic rings. The second kappa shape index (κ2) is 4.17. The van der Waals surface area contributed by atoms with Gasteiger partial charge >= 0.3 is 0 Å². The van der Waals surface area contributed by atoms with Crippen LogP contribution in [0.3, 0.4) is 0 Å². The lowest BCUT2D eigenvalue weighted by Crippen LogP contribution is -2.46. The van der Waals surface area contributed by atoms with Gasteiger partial charge < -0.3 is 5.32 Å². The van der Waals surface area contributed by atoms with E-state index in [2.05, 4.69) is 26.1 Å². The zero-order valence-corrected chi connectivity index (χ0v) is 10.9. The molecule has 1 aliphatic carbocycles. The van der Waals surface area contributed by atoms with E-state index in [0.717, 1.165) is 18.4 Å². The average Bonchev–Trinajstić information content (AvgIpc) is 2.99. The molecule has 2 rings (SSSR count). The number of hydrogen-bond donors (Lipinski definition) is 1. The van der Waals surface area contributed by atoms with Gasteiger partial charge in [-0.25, -0.2) is 0 Å². The fourth-order valence-corrected chi connectivity index (χ4v) is 2.28. The van der Waals surface area contributed by atoms with Crippen LogP contribution in [0.5, 0.6) is 0 Å². The van der Waals surface area contributed by atoms with Gasteiger partial charge in [-0.2, -0.15) is 0 Å². The van der Waals surface area contributed by atoms with Crippen LogP contribution in [0.4, 0.5) is 0 Å². The fourth-order valence-electron chi connectivity index (χ4n) is 2.28. The molecule has 0 aromatic heterocycles. The van der Waals surface area contributed by atoms with Gasteiger partial charge in [0.1, 0.15) is 0 Å². The summed E-state index contributed by atoms with van der Waals surface area (Å²) in [7, 11) is 0. The van der Waals surface area contributed by atoms with E-state index in [0.29, 0.717) is 6.42 Å². The van der Waals surface area contributed by atoms with Crippen molar-refractivity contribution >= 4 is 5.91 Å². The second-order valence-corrected chi connectivity index (χ2v) is 6.04. The van der Waals surface area contributed by atoms with Crippen LogP contribution in [0.25, 0.3) is 0 Å². The van der Waals surface area contributed by atoms with Gasteiger partial charge in [-0.1, -0.05) is 51.1 Å². The van der Waals surface area contributed by atoms with Crippen molar-refractivity contribution in [1.82, 2.24) is 5.32 Å². The van der Waals surface area contributed by atoms with E-state index < -0.39 is 0 Å². The smallest absolute Gasteiger partial charge is 0.224 e. The molecule has 2 heteroatoms. The van der Waals surface area contributed by atoms with Crippen molar-refractivity contribution in [2.45, 2.75) is 45.6 Å². The van der Waals surface area contributed by atoms with Gasteiger partial charge in [0.15, 0.2) is 0 Å². The van der Waals surface area contributed by atoms with E-state index >= 15 is 0 Å². The lowest BCUT2D eigenvalue weighted by molar-refractivity contribution is -0.122. The molecule has 0 unspecified atom stereocenters. The quantitative estimate of drug-likeness (QED) is 0.851. The number of amides is 1. The van der Waals surface area contributed by atoms with Crippen molar-refractivity contribution in [1.29, 1.82) is 0 Å². The molecule has 0 saturated heterocycles. The molecule has 17 heavy (non-hydrogen) atoms. The maximum Gasteiger partial charge on any atom is 0.224 e. The second-order valence-electron chi connectivity index (χ2n) is 6.04. The van der Waals surface area contributed by atoms with Gasteiger partial charge in [-0.15, -0.1) is 0 Å². The molecule has 1 aromatic carbocycles. The summed E-state index contributed by atoms with van der Waals surface area (Å²) in [5.74, 6) is 0.142. The zero-order chi connectivity index (χ0) is 12.5. The lowest BCUT2D eigenvalue weighted by atomic mass is 9.84. The van der Waals surface area contributed by atoms with Crippen LogP contribution in [0, 0.1) is 5.41 Å². The molecule has 1 saturated carbocycles. The van der Waals surface area contributed by atoms with Crippen molar-refractivity contribution in [3.8, 4) is 0 Å². The molecule has 0 heterocycles. The Hall–Kier alpha value is -1.31. The van der Waals surface area contributed by atoms with Gasteiger partial charge in [0.25, 0.3) is 0 Å². The van der Waals surface area contributed by atoms with Gasteiger partial charge in [0.05, 0.1) is 6.42 Å². The SMILES string of the molecule is CC(C)(C)C1(NC(=O)Cc2ccccc2)CC1. The predicted molar refractivity (Wildman–Crippen MR) is 69.7 cm³/mol. The van der Waals surface area contributed by atoms with Crippen LogP contribution in [0.1, 0.15) is 39.2 Å². The molecule has 92 valence electrons. The number of hydrogen-bond acceptors (Lipinski definition) is 1. The summed E-state index contributed by atoms with van der Waals surface area (Å²) in [5.41, 5.74) is 1.27. The average molecular weight is 231 g/mol. The Morgan fingerprint density at radius 3 is 2.29 bits per heavy atom.